The molecule has 16 nitrogen and oxygen atoms in total. The molecule has 6 rings (SSSR count). The Labute approximate surface area is 318 Å². The van der Waals surface area contributed by atoms with Crippen molar-refractivity contribution >= 4 is 45.5 Å². The molecule has 0 amide bonds. The van der Waals surface area contributed by atoms with E-state index in [9.17, 15) is 35.5 Å². The normalized spacial score (nSPS) is 12.5. The van der Waals surface area contributed by atoms with Gasteiger partial charge in [0.15, 0.2) is 23.0 Å². The molecule has 0 saturated heterocycles. The number of aromatic nitrogens is 4. The molecule has 4 aromatic carbocycles. The summed E-state index contributed by atoms with van der Waals surface area (Å²) in [4.78, 5) is 25.8. The van der Waals surface area contributed by atoms with E-state index in [1.807, 2.05) is 0 Å². The SMILES string of the molecule is C=c1[nH]n(-c2ccc(S(=O)(=O)O)cc2)c(=O)c1=Cc1ccc(OCCOc2ccc(C=c3c(=C)[nH]n(-c4ccc(S(=O)(=O)O)cc4)c3=O)cc2OC)c(OC)c1. The van der Waals surface area contributed by atoms with Crippen LogP contribution < -0.4 is 51.2 Å². The predicted octanol–water partition coefficient (Wildman–Crippen LogP) is 1.09. The van der Waals surface area contributed by atoms with Crippen LogP contribution in [0.3, 0.4) is 0 Å². The van der Waals surface area contributed by atoms with Crippen molar-refractivity contribution in [2.45, 2.75) is 9.79 Å². The van der Waals surface area contributed by atoms with Crippen LogP contribution in [0.5, 0.6) is 23.0 Å². The van der Waals surface area contributed by atoms with E-state index in [4.69, 9.17) is 18.9 Å². The fourth-order valence-corrected chi connectivity index (χ4v) is 6.57. The Hall–Kier alpha value is -6.60. The molecule has 4 N–H and O–H groups in total. The quantitative estimate of drug-likeness (QED) is 0.0953. The minimum absolute atomic E-state index is 0.122. The molecule has 0 saturated carbocycles. The van der Waals surface area contributed by atoms with E-state index in [1.165, 1.54) is 72.1 Å². The lowest BCUT2D eigenvalue weighted by atomic mass is 10.1. The summed E-state index contributed by atoms with van der Waals surface area (Å²) in [5.74, 6) is 1.62. The number of ether oxygens (including phenoxy) is 4. The number of methoxy groups -OCH3 is 2. The lowest BCUT2D eigenvalue weighted by molar-refractivity contribution is 0.206. The number of nitrogens with zero attached hydrogens (tertiary/aromatic N) is 2. The standard InChI is InChI=1S/C38H34N4O12S2/c1-23-31(37(43)41(39-23)27-7-11-29(12-8-27)55(45,46)47)19-25-5-15-33(35(21-25)51-3)53-17-18-54-34-16-6-26(22-36(34)52-4)20-32-24(2)40-42(38(32)44)28-9-13-30(14-10-28)56(48,49)50/h5-16,19-22,39-40H,1-2,17-18H2,3-4H3,(H,45,46,47)(H,48,49,50). The first-order chi connectivity index (χ1) is 26.6. The number of rotatable bonds is 13. The molecule has 56 heavy (non-hydrogen) atoms. The average Bonchev–Trinajstić information content (AvgIpc) is 3.61. The molecule has 0 aliphatic carbocycles. The summed E-state index contributed by atoms with van der Waals surface area (Å²) in [6.45, 7) is 8.08. The Bertz CT molecular complexity index is 2820. The van der Waals surface area contributed by atoms with Crippen molar-refractivity contribution in [3.05, 3.63) is 138 Å². The molecule has 0 aliphatic rings. The van der Waals surface area contributed by atoms with Crippen LogP contribution in [0.2, 0.25) is 0 Å². The highest BCUT2D eigenvalue weighted by atomic mass is 32.2. The molecule has 0 unspecified atom stereocenters. The molecular formula is C38H34N4O12S2. The zero-order valence-electron chi connectivity index (χ0n) is 29.8. The highest BCUT2D eigenvalue weighted by Crippen LogP contribution is 2.30. The lowest BCUT2D eigenvalue weighted by Crippen LogP contribution is -2.33. The summed E-state index contributed by atoms with van der Waals surface area (Å²) in [6.07, 6.45) is 3.23. The van der Waals surface area contributed by atoms with Crippen molar-refractivity contribution in [1.29, 1.82) is 0 Å². The first kappa shape index (κ1) is 39.1. The molecule has 290 valence electrons. The maximum absolute atomic E-state index is 13.2. The van der Waals surface area contributed by atoms with Gasteiger partial charge in [0.1, 0.15) is 13.2 Å². The molecule has 18 heteroatoms. The number of hydrogen-bond donors (Lipinski definition) is 4. The van der Waals surface area contributed by atoms with Gasteiger partial charge in [-0.15, -0.1) is 0 Å². The highest BCUT2D eigenvalue weighted by molar-refractivity contribution is 7.86. The summed E-state index contributed by atoms with van der Waals surface area (Å²) in [5, 5.41) is 6.88. The second kappa shape index (κ2) is 15.6. The third-order valence-electron chi connectivity index (χ3n) is 8.39. The minimum Gasteiger partial charge on any atom is -0.493 e. The smallest absolute Gasteiger partial charge is 0.294 e. The van der Waals surface area contributed by atoms with Crippen LogP contribution in [0.4, 0.5) is 0 Å². The summed E-state index contributed by atoms with van der Waals surface area (Å²) < 4.78 is 89.3. The van der Waals surface area contributed by atoms with Gasteiger partial charge in [-0.1, -0.05) is 25.3 Å². The van der Waals surface area contributed by atoms with E-state index >= 15 is 0 Å². The van der Waals surface area contributed by atoms with Crippen molar-refractivity contribution < 1.29 is 44.9 Å². The van der Waals surface area contributed by atoms with Crippen molar-refractivity contribution in [2.24, 2.45) is 0 Å². The second-order valence-corrected chi connectivity index (χ2v) is 14.9. The van der Waals surface area contributed by atoms with Gasteiger partial charge in [0.2, 0.25) is 0 Å². The summed E-state index contributed by atoms with van der Waals surface area (Å²) in [7, 11) is -5.83. The molecule has 0 spiro atoms. The molecule has 2 heterocycles. The van der Waals surface area contributed by atoms with Gasteiger partial charge in [0, 0.05) is 0 Å². The maximum Gasteiger partial charge on any atom is 0.294 e. The van der Waals surface area contributed by atoms with E-state index in [0.29, 0.717) is 56.2 Å². The monoisotopic (exact) mass is 802 g/mol. The van der Waals surface area contributed by atoms with Gasteiger partial charge in [-0.05, 0) is 96.1 Å². The van der Waals surface area contributed by atoms with Crippen LogP contribution in [0.1, 0.15) is 11.1 Å². The van der Waals surface area contributed by atoms with E-state index in [0.717, 1.165) is 0 Å². The molecule has 0 radical (unpaired) electrons. The summed E-state index contributed by atoms with van der Waals surface area (Å²) in [6, 6.07) is 20.4. The van der Waals surface area contributed by atoms with Gasteiger partial charge < -0.3 is 18.9 Å². The third kappa shape index (κ3) is 8.37. The Morgan fingerprint density at radius 1 is 0.589 bits per heavy atom. The average molecular weight is 803 g/mol. The fraction of sp³-hybridized carbons (Fsp3) is 0.105. The number of hydrogen-bond acceptors (Lipinski definition) is 10. The molecule has 0 bridgehead atoms. The van der Waals surface area contributed by atoms with E-state index in [2.05, 4.69) is 23.4 Å². The first-order valence-electron chi connectivity index (χ1n) is 16.4. The van der Waals surface area contributed by atoms with Crippen molar-refractivity contribution in [3.8, 4) is 34.4 Å². The Kier molecular flexibility index (Phi) is 10.9. The topological polar surface area (TPSA) is 221 Å². The molecule has 0 fully saturated rings. The van der Waals surface area contributed by atoms with Gasteiger partial charge in [0.25, 0.3) is 31.4 Å². The van der Waals surface area contributed by atoms with Crippen LogP contribution in [0, 0.1) is 0 Å². The van der Waals surface area contributed by atoms with Gasteiger partial charge in [-0.2, -0.15) is 16.8 Å². The molecule has 6 aromatic rings. The largest absolute Gasteiger partial charge is 0.493 e. The maximum atomic E-state index is 13.2. The molecule has 0 atom stereocenters. The van der Waals surface area contributed by atoms with Gasteiger partial charge in [-0.3, -0.25) is 28.9 Å². The first-order valence-corrected chi connectivity index (χ1v) is 19.3. The Morgan fingerprint density at radius 3 is 1.27 bits per heavy atom. The van der Waals surface area contributed by atoms with Gasteiger partial charge in [0.05, 0.1) is 56.5 Å². The van der Waals surface area contributed by atoms with Crippen LogP contribution in [-0.4, -0.2) is 72.9 Å². The summed E-state index contributed by atoms with van der Waals surface area (Å²) >= 11 is 0. The number of nitrogens with one attached hydrogen (secondary N) is 2. The van der Waals surface area contributed by atoms with Crippen molar-refractivity contribution in [3.63, 3.8) is 0 Å². The van der Waals surface area contributed by atoms with E-state index in [1.54, 1.807) is 48.6 Å². The van der Waals surface area contributed by atoms with Crippen LogP contribution in [0.15, 0.2) is 104 Å². The van der Waals surface area contributed by atoms with Crippen molar-refractivity contribution in [2.75, 3.05) is 27.4 Å². The second-order valence-electron chi connectivity index (χ2n) is 12.0. The number of aromatic amines is 2. The zero-order valence-corrected chi connectivity index (χ0v) is 31.4. The van der Waals surface area contributed by atoms with Crippen LogP contribution in [-0.2, 0) is 20.2 Å². The molecular weight excluding hydrogens is 769 g/mol. The fourth-order valence-electron chi connectivity index (χ4n) is 5.61. The highest BCUT2D eigenvalue weighted by Gasteiger charge is 2.14. The Morgan fingerprint density at radius 2 is 0.946 bits per heavy atom. The zero-order chi connectivity index (χ0) is 40.4. The molecule has 0 aliphatic heterocycles. The van der Waals surface area contributed by atoms with Gasteiger partial charge >= 0.3 is 0 Å². The Balaban J connectivity index is 1.13. The summed E-state index contributed by atoms with van der Waals surface area (Å²) in [5.41, 5.74) is 1.03. The lowest BCUT2D eigenvalue weighted by Gasteiger charge is -2.14. The number of benzene rings is 4. The van der Waals surface area contributed by atoms with E-state index < -0.39 is 31.4 Å². The minimum atomic E-state index is -4.39. The van der Waals surface area contributed by atoms with E-state index in [-0.39, 0.29) is 33.4 Å². The van der Waals surface area contributed by atoms with Crippen LogP contribution >= 0.6 is 0 Å². The third-order valence-corrected chi connectivity index (χ3v) is 10.1. The number of H-pyrrole nitrogens is 2. The van der Waals surface area contributed by atoms with Crippen LogP contribution in [0.25, 0.3) is 36.7 Å². The van der Waals surface area contributed by atoms with Crippen molar-refractivity contribution in [1.82, 2.24) is 19.6 Å². The predicted molar refractivity (Wildman–Crippen MR) is 206 cm³/mol. The molecule has 2 aromatic heterocycles. The van der Waals surface area contributed by atoms with Gasteiger partial charge in [-0.25, -0.2) is 9.36 Å².